The molecule has 6 heteroatoms. The predicted molar refractivity (Wildman–Crippen MR) is 193 cm³/mol. The zero-order valence-corrected chi connectivity index (χ0v) is 25.4. The SMILES string of the molecule is c1cc2c3c(cccc3c1)-c1cc(C3=NC(c4cccc5oc6ccccc6c45)NC(c4cccc5oc6cccnc6c45)=N3)ccc1-2. The first-order valence-electron chi connectivity index (χ1n) is 16.1. The summed E-state index contributed by atoms with van der Waals surface area (Å²) in [5.41, 5.74) is 11.8. The van der Waals surface area contributed by atoms with Gasteiger partial charge in [0.25, 0.3) is 0 Å². The van der Waals surface area contributed by atoms with Crippen LogP contribution >= 0.6 is 0 Å². The molecule has 1 N–H and O–H groups in total. The van der Waals surface area contributed by atoms with E-state index >= 15 is 0 Å². The second-order valence-corrected chi connectivity index (χ2v) is 12.4. The first-order chi connectivity index (χ1) is 23.8. The normalized spacial score (nSPS) is 15.3. The molecule has 224 valence electrons. The lowest BCUT2D eigenvalue weighted by molar-refractivity contribution is 0.662. The number of amidine groups is 2. The first-order valence-corrected chi connectivity index (χ1v) is 16.1. The number of nitrogens with zero attached hydrogens (tertiary/aromatic N) is 3. The molecular formula is C42H24N4O2. The third-order valence-electron chi connectivity index (χ3n) is 9.74. The Labute approximate surface area is 273 Å². The Bertz CT molecular complexity index is 2890. The lowest BCUT2D eigenvalue weighted by Crippen LogP contribution is -2.33. The maximum absolute atomic E-state index is 6.28. The Morgan fingerprint density at radius 2 is 1.27 bits per heavy atom. The molecule has 0 bridgehead atoms. The van der Waals surface area contributed by atoms with E-state index in [4.69, 9.17) is 23.8 Å². The molecule has 0 saturated carbocycles. The molecule has 48 heavy (non-hydrogen) atoms. The van der Waals surface area contributed by atoms with Crippen molar-refractivity contribution in [1.29, 1.82) is 0 Å². The van der Waals surface area contributed by atoms with Gasteiger partial charge in [0, 0.05) is 33.7 Å². The topological polar surface area (TPSA) is 75.9 Å². The molecule has 0 spiro atoms. The van der Waals surface area contributed by atoms with Gasteiger partial charge in [0.15, 0.2) is 11.4 Å². The summed E-state index contributed by atoms with van der Waals surface area (Å²) in [6.45, 7) is 0. The number of hydrogen-bond acceptors (Lipinski definition) is 6. The van der Waals surface area contributed by atoms with Gasteiger partial charge in [-0.3, -0.25) is 4.98 Å². The zero-order valence-electron chi connectivity index (χ0n) is 25.4. The molecule has 0 radical (unpaired) electrons. The smallest absolute Gasteiger partial charge is 0.159 e. The van der Waals surface area contributed by atoms with E-state index in [1.165, 1.54) is 33.0 Å². The molecule has 0 saturated heterocycles. The van der Waals surface area contributed by atoms with Crippen molar-refractivity contribution in [1.82, 2.24) is 10.3 Å². The summed E-state index contributed by atoms with van der Waals surface area (Å²) in [6, 6.07) is 43.9. The Morgan fingerprint density at radius 3 is 2.19 bits per heavy atom. The maximum Gasteiger partial charge on any atom is 0.159 e. The van der Waals surface area contributed by atoms with Crippen molar-refractivity contribution in [3.63, 3.8) is 0 Å². The second kappa shape index (κ2) is 9.50. The average molecular weight is 617 g/mol. The van der Waals surface area contributed by atoms with Gasteiger partial charge < -0.3 is 14.2 Å². The number of furan rings is 2. The van der Waals surface area contributed by atoms with Crippen molar-refractivity contribution >= 4 is 66.5 Å². The lowest BCUT2D eigenvalue weighted by atomic mass is 9.99. The number of fused-ring (bicyclic) bond motifs is 9. The molecule has 2 aliphatic rings. The summed E-state index contributed by atoms with van der Waals surface area (Å²) in [4.78, 5) is 15.3. The minimum Gasteiger partial charge on any atom is -0.456 e. The molecule has 1 atom stereocenters. The van der Waals surface area contributed by atoms with Gasteiger partial charge in [-0.05, 0) is 69.4 Å². The monoisotopic (exact) mass is 616 g/mol. The maximum atomic E-state index is 6.28. The van der Waals surface area contributed by atoms with Crippen LogP contribution in [-0.2, 0) is 0 Å². The van der Waals surface area contributed by atoms with Crippen LogP contribution in [0.3, 0.4) is 0 Å². The van der Waals surface area contributed by atoms with Crippen LogP contribution in [0.5, 0.6) is 0 Å². The number of nitrogens with one attached hydrogen (secondary N) is 1. The van der Waals surface area contributed by atoms with Crippen molar-refractivity contribution in [3.8, 4) is 22.3 Å². The summed E-state index contributed by atoms with van der Waals surface area (Å²) in [5.74, 6) is 1.36. The number of hydrogen-bond donors (Lipinski definition) is 1. The lowest BCUT2D eigenvalue weighted by Gasteiger charge is -2.24. The average Bonchev–Trinajstić information content (AvgIpc) is 3.82. The highest BCUT2D eigenvalue weighted by Crippen LogP contribution is 2.47. The highest BCUT2D eigenvalue weighted by atomic mass is 16.3. The summed E-state index contributed by atoms with van der Waals surface area (Å²) in [7, 11) is 0. The summed E-state index contributed by atoms with van der Waals surface area (Å²) >= 11 is 0. The van der Waals surface area contributed by atoms with Crippen molar-refractivity contribution in [3.05, 3.63) is 150 Å². The standard InChI is InChI=1S/C42H24N4O2/c1-2-15-32-28(10-1)37-29(13-5-16-33(37)47-32)41-44-40(24-19-20-25-26-11-3-8-23-9-4-12-27(36(23)26)31(25)22-24)45-42(46-41)30-14-6-17-34-38(30)39-35(48-34)18-7-21-43-39/h1-22,41H,(H,44,45,46). The summed E-state index contributed by atoms with van der Waals surface area (Å²) in [5, 5.41) is 9.27. The van der Waals surface area contributed by atoms with Crippen LogP contribution in [-0.4, -0.2) is 16.7 Å². The van der Waals surface area contributed by atoms with Gasteiger partial charge in [0.1, 0.15) is 34.3 Å². The van der Waals surface area contributed by atoms with Crippen LogP contribution in [0.2, 0.25) is 0 Å². The number of pyridine rings is 1. The Hall–Kier alpha value is -6.53. The van der Waals surface area contributed by atoms with E-state index in [0.29, 0.717) is 11.7 Å². The van der Waals surface area contributed by atoms with Crippen LogP contribution in [0, 0.1) is 0 Å². The van der Waals surface area contributed by atoms with Crippen LogP contribution in [0.15, 0.2) is 152 Å². The van der Waals surface area contributed by atoms with Crippen LogP contribution < -0.4 is 5.32 Å². The number of para-hydroxylation sites is 1. The molecule has 6 nitrogen and oxygen atoms in total. The molecule has 1 unspecified atom stereocenters. The highest BCUT2D eigenvalue weighted by molar-refractivity contribution is 6.22. The largest absolute Gasteiger partial charge is 0.456 e. The highest BCUT2D eigenvalue weighted by Gasteiger charge is 2.28. The van der Waals surface area contributed by atoms with Gasteiger partial charge in [-0.2, -0.15) is 0 Å². The Kier molecular flexibility index (Phi) is 5.07. The van der Waals surface area contributed by atoms with E-state index in [9.17, 15) is 0 Å². The van der Waals surface area contributed by atoms with E-state index in [2.05, 4.69) is 78.1 Å². The third kappa shape index (κ3) is 3.54. The van der Waals surface area contributed by atoms with Gasteiger partial charge in [-0.25, -0.2) is 9.98 Å². The van der Waals surface area contributed by atoms with Crippen LogP contribution in [0.4, 0.5) is 0 Å². The zero-order chi connectivity index (χ0) is 31.3. The molecule has 1 aliphatic carbocycles. The van der Waals surface area contributed by atoms with Crippen molar-refractivity contribution in [2.45, 2.75) is 6.17 Å². The van der Waals surface area contributed by atoms with Gasteiger partial charge in [0.05, 0.1) is 5.39 Å². The summed E-state index contributed by atoms with van der Waals surface area (Å²) < 4.78 is 12.5. The van der Waals surface area contributed by atoms with Crippen molar-refractivity contribution < 1.29 is 8.83 Å². The minimum absolute atomic E-state index is 0.438. The molecule has 9 aromatic rings. The molecule has 11 rings (SSSR count). The molecule has 0 amide bonds. The van der Waals surface area contributed by atoms with Crippen molar-refractivity contribution in [2.24, 2.45) is 9.98 Å². The van der Waals surface area contributed by atoms with Gasteiger partial charge in [-0.1, -0.05) is 91.0 Å². The van der Waals surface area contributed by atoms with E-state index in [0.717, 1.165) is 60.7 Å². The molecular weight excluding hydrogens is 592 g/mol. The van der Waals surface area contributed by atoms with E-state index in [1.807, 2.05) is 54.6 Å². The predicted octanol–water partition coefficient (Wildman–Crippen LogP) is 10.2. The van der Waals surface area contributed by atoms with Crippen molar-refractivity contribution in [2.75, 3.05) is 0 Å². The van der Waals surface area contributed by atoms with Crippen LogP contribution in [0.1, 0.15) is 22.9 Å². The number of aliphatic imine (C=N–C) groups is 2. The fraction of sp³-hybridized carbons (Fsp3) is 0.0238. The third-order valence-corrected chi connectivity index (χ3v) is 9.74. The minimum atomic E-state index is -0.438. The van der Waals surface area contributed by atoms with Crippen LogP contribution in [0.25, 0.3) is 77.0 Å². The van der Waals surface area contributed by atoms with Gasteiger partial charge >= 0.3 is 0 Å². The van der Waals surface area contributed by atoms with E-state index in [-0.39, 0.29) is 0 Å². The summed E-state index contributed by atoms with van der Waals surface area (Å²) in [6.07, 6.45) is 1.36. The first kappa shape index (κ1) is 25.6. The van der Waals surface area contributed by atoms with Gasteiger partial charge in [0.2, 0.25) is 0 Å². The van der Waals surface area contributed by atoms with E-state index < -0.39 is 6.17 Å². The fourth-order valence-electron chi connectivity index (χ4n) is 7.67. The number of rotatable bonds is 3. The molecule has 4 heterocycles. The molecule has 0 fully saturated rings. The fourth-order valence-corrected chi connectivity index (χ4v) is 7.67. The Morgan fingerprint density at radius 1 is 0.542 bits per heavy atom. The number of aromatic nitrogens is 1. The quantitative estimate of drug-likeness (QED) is 0.214. The Balaban J connectivity index is 1.15. The molecule has 6 aromatic carbocycles. The molecule has 1 aliphatic heterocycles. The van der Waals surface area contributed by atoms with Gasteiger partial charge in [-0.15, -0.1) is 0 Å². The van der Waals surface area contributed by atoms with E-state index in [1.54, 1.807) is 6.20 Å². The molecule has 3 aromatic heterocycles. The second-order valence-electron chi connectivity index (χ2n) is 12.4. The number of benzene rings is 6.